The predicted octanol–water partition coefficient (Wildman–Crippen LogP) is 3.25. The molecule has 0 radical (unpaired) electrons. The minimum Gasteiger partial charge on any atom is -0.462 e. The van der Waals surface area contributed by atoms with Gasteiger partial charge < -0.3 is 9.47 Å². The zero-order valence-electron chi connectivity index (χ0n) is 15.8. The quantitative estimate of drug-likeness (QED) is 0.590. The van der Waals surface area contributed by atoms with Crippen molar-refractivity contribution in [3.05, 3.63) is 63.0 Å². The summed E-state index contributed by atoms with van der Waals surface area (Å²) in [7, 11) is 0. The number of carbonyl (C=O) groups excluding carboxylic acids is 2. The summed E-state index contributed by atoms with van der Waals surface area (Å²) < 4.78 is 11.6. The van der Waals surface area contributed by atoms with Gasteiger partial charge in [0.1, 0.15) is 4.83 Å². The first-order valence-corrected chi connectivity index (χ1v) is 9.72. The summed E-state index contributed by atoms with van der Waals surface area (Å²) in [6, 6.07) is 6.89. The number of hydrogen-bond donors (Lipinski definition) is 0. The predicted molar refractivity (Wildman–Crippen MR) is 106 cm³/mol. The Morgan fingerprint density at radius 1 is 1.25 bits per heavy atom. The van der Waals surface area contributed by atoms with Crippen LogP contribution in [0.2, 0.25) is 0 Å². The maximum atomic E-state index is 12.9. The summed E-state index contributed by atoms with van der Waals surface area (Å²) >= 11 is 1.22. The van der Waals surface area contributed by atoms with Gasteiger partial charge in [0.25, 0.3) is 5.56 Å². The van der Waals surface area contributed by atoms with E-state index in [9.17, 15) is 14.4 Å². The molecule has 2 heterocycles. The first-order chi connectivity index (χ1) is 13.4. The number of benzene rings is 1. The lowest BCUT2D eigenvalue weighted by Crippen LogP contribution is -2.22. The third kappa shape index (κ3) is 4.12. The number of nitrogens with zero attached hydrogens (tertiary/aromatic N) is 2. The Labute approximate surface area is 165 Å². The Kier molecular flexibility index (Phi) is 5.89. The molecule has 0 saturated heterocycles. The monoisotopic (exact) mass is 400 g/mol. The molecule has 0 N–H and O–H groups in total. The number of carbonyl (C=O) groups is 2. The molecule has 3 rings (SSSR count). The van der Waals surface area contributed by atoms with Crippen LogP contribution in [0.3, 0.4) is 0 Å². The lowest BCUT2D eigenvalue weighted by atomic mass is 10.1. The Bertz CT molecular complexity index is 1080. The standard InChI is InChI=1S/C20H20N2O5S/c1-4-26-20(25)15-10-28-17-16(15)18(23)22(11-21-17)9-13-6-5-7-14(8-13)19(24)27-12(2)3/h5-8,10-12H,4,9H2,1-3H3. The number of thiophene rings is 1. The third-order valence-corrected chi connectivity index (χ3v) is 4.80. The minimum atomic E-state index is -0.538. The van der Waals surface area contributed by atoms with E-state index in [4.69, 9.17) is 9.47 Å². The number of esters is 2. The van der Waals surface area contributed by atoms with Gasteiger partial charge in [-0.2, -0.15) is 0 Å². The van der Waals surface area contributed by atoms with Crippen LogP contribution in [0.1, 0.15) is 47.1 Å². The lowest BCUT2D eigenvalue weighted by Gasteiger charge is -2.10. The molecule has 0 bridgehead atoms. The molecule has 0 amide bonds. The zero-order valence-corrected chi connectivity index (χ0v) is 16.6. The fraction of sp³-hybridized carbons (Fsp3) is 0.300. The molecule has 0 saturated carbocycles. The van der Waals surface area contributed by atoms with E-state index in [0.29, 0.717) is 10.4 Å². The molecule has 146 valence electrons. The smallest absolute Gasteiger partial charge is 0.339 e. The summed E-state index contributed by atoms with van der Waals surface area (Å²) in [5, 5.41) is 1.84. The second kappa shape index (κ2) is 8.35. The summed E-state index contributed by atoms with van der Waals surface area (Å²) in [5.74, 6) is -0.955. The van der Waals surface area contributed by atoms with Crippen molar-refractivity contribution in [3.8, 4) is 0 Å². The van der Waals surface area contributed by atoms with E-state index in [-0.39, 0.29) is 35.8 Å². The molecule has 0 fully saturated rings. The van der Waals surface area contributed by atoms with E-state index >= 15 is 0 Å². The average Bonchev–Trinajstić information content (AvgIpc) is 3.09. The SMILES string of the molecule is CCOC(=O)c1csc2ncn(Cc3cccc(C(=O)OC(C)C)c3)c(=O)c12. The second-order valence-corrected chi connectivity index (χ2v) is 7.24. The van der Waals surface area contributed by atoms with Crippen molar-refractivity contribution in [3.63, 3.8) is 0 Å². The van der Waals surface area contributed by atoms with Gasteiger partial charge in [0.05, 0.1) is 42.1 Å². The average molecular weight is 400 g/mol. The van der Waals surface area contributed by atoms with E-state index in [0.717, 1.165) is 5.56 Å². The van der Waals surface area contributed by atoms with Gasteiger partial charge in [0.15, 0.2) is 0 Å². The first kappa shape index (κ1) is 19.8. The van der Waals surface area contributed by atoms with Gasteiger partial charge in [-0.15, -0.1) is 11.3 Å². The van der Waals surface area contributed by atoms with E-state index in [2.05, 4.69) is 4.98 Å². The highest BCUT2D eigenvalue weighted by atomic mass is 32.1. The van der Waals surface area contributed by atoms with Crippen LogP contribution in [0.5, 0.6) is 0 Å². The van der Waals surface area contributed by atoms with Crippen molar-refractivity contribution in [2.75, 3.05) is 6.61 Å². The van der Waals surface area contributed by atoms with Gasteiger partial charge in [0, 0.05) is 5.38 Å². The molecule has 0 unspecified atom stereocenters. The Morgan fingerprint density at radius 3 is 2.75 bits per heavy atom. The highest BCUT2D eigenvalue weighted by molar-refractivity contribution is 7.17. The molecular formula is C20H20N2O5S. The summed E-state index contributed by atoms with van der Waals surface area (Å²) in [4.78, 5) is 41.9. The largest absolute Gasteiger partial charge is 0.462 e. The number of aromatic nitrogens is 2. The molecule has 8 heteroatoms. The molecule has 2 aromatic heterocycles. The molecule has 3 aromatic rings. The van der Waals surface area contributed by atoms with Gasteiger partial charge in [0.2, 0.25) is 0 Å². The van der Waals surface area contributed by atoms with Crippen LogP contribution in [0, 0.1) is 0 Å². The van der Waals surface area contributed by atoms with Crippen LogP contribution in [-0.2, 0) is 16.0 Å². The van der Waals surface area contributed by atoms with Crippen molar-refractivity contribution in [2.24, 2.45) is 0 Å². The third-order valence-electron chi connectivity index (χ3n) is 3.91. The van der Waals surface area contributed by atoms with Crippen LogP contribution in [0.4, 0.5) is 0 Å². The Morgan fingerprint density at radius 2 is 2.04 bits per heavy atom. The summed E-state index contributed by atoms with van der Waals surface area (Å²) in [5.41, 5.74) is 1.05. The highest BCUT2D eigenvalue weighted by Gasteiger charge is 2.18. The number of hydrogen-bond acceptors (Lipinski definition) is 7. The van der Waals surface area contributed by atoms with E-state index in [1.54, 1.807) is 44.4 Å². The molecule has 0 aliphatic heterocycles. The van der Waals surface area contributed by atoms with Gasteiger partial charge >= 0.3 is 11.9 Å². The number of fused-ring (bicyclic) bond motifs is 1. The summed E-state index contributed by atoms with van der Waals surface area (Å²) in [6.45, 7) is 5.71. The molecule has 0 spiro atoms. The zero-order chi connectivity index (χ0) is 20.3. The number of rotatable bonds is 6. The fourth-order valence-corrected chi connectivity index (χ4v) is 3.58. The first-order valence-electron chi connectivity index (χ1n) is 8.84. The van der Waals surface area contributed by atoms with E-state index in [1.807, 2.05) is 6.07 Å². The Balaban J connectivity index is 1.94. The molecule has 0 atom stereocenters. The second-order valence-electron chi connectivity index (χ2n) is 6.38. The van der Waals surface area contributed by atoms with Crippen LogP contribution < -0.4 is 5.56 Å². The van der Waals surface area contributed by atoms with E-state index < -0.39 is 11.9 Å². The molecule has 1 aromatic carbocycles. The normalized spacial score (nSPS) is 11.0. The van der Waals surface area contributed by atoms with Gasteiger partial charge in [-0.3, -0.25) is 9.36 Å². The Hall–Kier alpha value is -3.00. The maximum absolute atomic E-state index is 12.9. The van der Waals surface area contributed by atoms with Crippen molar-refractivity contribution >= 4 is 33.5 Å². The van der Waals surface area contributed by atoms with Gasteiger partial charge in [-0.1, -0.05) is 12.1 Å². The van der Waals surface area contributed by atoms with Gasteiger partial charge in [-0.05, 0) is 38.5 Å². The minimum absolute atomic E-state index is 0.211. The highest BCUT2D eigenvalue weighted by Crippen LogP contribution is 2.22. The van der Waals surface area contributed by atoms with Crippen molar-refractivity contribution < 1.29 is 19.1 Å². The molecule has 0 aliphatic carbocycles. The fourth-order valence-electron chi connectivity index (χ4n) is 2.71. The van der Waals surface area contributed by atoms with Crippen LogP contribution in [-0.4, -0.2) is 34.2 Å². The van der Waals surface area contributed by atoms with Gasteiger partial charge in [-0.25, -0.2) is 14.6 Å². The van der Waals surface area contributed by atoms with Crippen molar-refractivity contribution in [2.45, 2.75) is 33.4 Å². The molecular weight excluding hydrogens is 380 g/mol. The molecule has 0 aliphatic rings. The molecule has 7 nitrogen and oxygen atoms in total. The van der Waals surface area contributed by atoms with E-state index in [1.165, 1.54) is 22.2 Å². The van der Waals surface area contributed by atoms with Crippen LogP contribution in [0.25, 0.3) is 10.2 Å². The maximum Gasteiger partial charge on any atom is 0.339 e. The summed E-state index contributed by atoms with van der Waals surface area (Å²) in [6.07, 6.45) is 1.22. The van der Waals surface area contributed by atoms with Crippen LogP contribution >= 0.6 is 11.3 Å². The molecule has 28 heavy (non-hydrogen) atoms. The lowest BCUT2D eigenvalue weighted by molar-refractivity contribution is 0.0377. The topological polar surface area (TPSA) is 87.5 Å². The number of ether oxygens (including phenoxy) is 2. The van der Waals surface area contributed by atoms with Crippen molar-refractivity contribution in [1.29, 1.82) is 0 Å². The van der Waals surface area contributed by atoms with Crippen molar-refractivity contribution in [1.82, 2.24) is 9.55 Å². The van der Waals surface area contributed by atoms with Crippen LogP contribution in [0.15, 0.2) is 40.8 Å².